The Morgan fingerprint density at radius 1 is 0.304 bits per heavy atom. The van der Waals surface area contributed by atoms with Crippen molar-refractivity contribution in [1.29, 1.82) is 0 Å². The maximum Gasteiger partial charge on any atom is 0.00858 e. The van der Waals surface area contributed by atoms with Gasteiger partial charge in [0.2, 0.25) is 0 Å². The molecule has 2 heteroatoms. The summed E-state index contributed by atoms with van der Waals surface area (Å²) in [4.78, 5) is 3.02. The van der Waals surface area contributed by atoms with E-state index < -0.39 is 0 Å². The first-order chi connectivity index (χ1) is 27.8. The fraction of sp³-hybridized carbons (Fsp3) is 0.870. The fourth-order valence-corrected chi connectivity index (χ4v) is 10.5. The minimum Gasteiger partial charge on any atom is -0.126 e. The van der Waals surface area contributed by atoms with Crippen molar-refractivity contribution in [1.82, 2.24) is 0 Å². The molecule has 1 aromatic rings. The molecule has 0 saturated carbocycles. The van der Waals surface area contributed by atoms with Crippen molar-refractivity contribution in [3.05, 3.63) is 30.7 Å². The Morgan fingerprint density at radius 2 is 0.536 bits per heavy atom. The van der Waals surface area contributed by atoms with Crippen LogP contribution in [0, 0.1) is 6.92 Å². The van der Waals surface area contributed by atoms with Crippen LogP contribution in [0.15, 0.2) is 28.0 Å². The summed E-state index contributed by atoms with van der Waals surface area (Å²) in [7, 11) is 0. The summed E-state index contributed by atoms with van der Waals surface area (Å²) in [5, 5.41) is 0. The molecular weight excluding hydrogens is 713 g/mol. The van der Waals surface area contributed by atoms with E-state index in [0.717, 1.165) is 6.42 Å². The van der Waals surface area contributed by atoms with E-state index in [2.05, 4.69) is 62.5 Å². The highest BCUT2D eigenvalue weighted by molar-refractivity contribution is 8.00. The van der Waals surface area contributed by atoms with E-state index in [4.69, 9.17) is 0 Å². The van der Waals surface area contributed by atoms with Gasteiger partial charge in [-0.15, -0.1) is 23.5 Å². The molecule has 0 spiro atoms. The highest BCUT2D eigenvalue weighted by Gasteiger charge is 2.05. The van der Waals surface area contributed by atoms with Gasteiger partial charge in [-0.3, -0.25) is 0 Å². The summed E-state index contributed by atoms with van der Waals surface area (Å²) < 4.78 is 0. The van der Waals surface area contributed by atoms with Crippen LogP contribution in [-0.4, -0.2) is 11.5 Å². The second kappa shape index (κ2) is 46.0. The van der Waals surface area contributed by atoms with Crippen molar-refractivity contribution in [2.45, 2.75) is 300 Å². The van der Waals surface area contributed by atoms with Crippen LogP contribution in [0.2, 0.25) is 0 Å². The summed E-state index contributed by atoms with van der Waals surface area (Å²) >= 11 is 4.22. The van der Waals surface area contributed by atoms with Crippen LogP contribution in [0.3, 0.4) is 0 Å². The molecule has 0 amide bonds. The fourth-order valence-electron chi connectivity index (χ4n) is 8.37. The second-order valence-corrected chi connectivity index (χ2v) is 20.2. The van der Waals surface area contributed by atoms with Crippen molar-refractivity contribution in [3.63, 3.8) is 0 Å². The number of aryl methyl sites for hydroxylation is 1. The van der Waals surface area contributed by atoms with Crippen molar-refractivity contribution >= 4 is 23.5 Å². The lowest BCUT2D eigenvalue weighted by atomic mass is 10.0. The average molecular weight is 815 g/mol. The van der Waals surface area contributed by atoms with Gasteiger partial charge in [0.05, 0.1) is 0 Å². The Hall–Kier alpha value is -0.0800. The van der Waals surface area contributed by atoms with E-state index >= 15 is 0 Å². The van der Waals surface area contributed by atoms with Crippen molar-refractivity contribution in [2.75, 3.05) is 11.5 Å². The summed E-state index contributed by atoms with van der Waals surface area (Å²) in [6.07, 6.45) is 61.6. The smallest absolute Gasteiger partial charge is 0.00858 e. The number of hydrogen-bond acceptors (Lipinski definition) is 2. The molecule has 329 valence electrons. The molecule has 0 atom stereocenters. The predicted octanol–water partition coefficient (Wildman–Crippen LogP) is 20.7. The van der Waals surface area contributed by atoms with Crippen molar-refractivity contribution in [2.24, 2.45) is 0 Å². The van der Waals surface area contributed by atoms with E-state index in [1.54, 1.807) is 0 Å². The Labute approximate surface area is 363 Å². The third-order valence-electron chi connectivity index (χ3n) is 12.2. The third kappa shape index (κ3) is 39.4. The van der Waals surface area contributed by atoms with Crippen LogP contribution in [0.1, 0.15) is 289 Å². The van der Waals surface area contributed by atoms with E-state index in [-0.39, 0.29) is 0 Å². The van der Waals surface area contributed by atoms with Crippen LogP contribution in [0.25, 0.3) is 0 Å². The number of unbranched alkanes of at least 4 members (excludes halogenated alkanes) is 39. The second-order valence-electron chi connectivity index (χ2n) is 17.9. The molecule has 0 unspecified atom stereocenters. The molecule has 56 heavy (non-hydrogen) atoms. The zero-order valence-corrected chi connectivity index (χ0v) is 40.2. The molecule has 0 fully saturated rings. The average Bonchev–Trinajstić information content (AvgIpc) is 3.21. The molecule has 0 aliphatic carbocycles. The van der Waals surface area contributed by atoms with Gasteiger partial charge in [-0.1, -0.05) is 271 Å². The van der Waals surface area contributed by atoms with Gasteiger partial charge in [0.1, 0.15) is 0 Å². The number of hydrogen-bond donors (Lipinski definition) is 0. The first-order valence-electron chi connectivity index (χ1n) is 26.0. The molecule has 0 aliphatic rings. The maximum absolute atomic E-state index is 4.10. The van der Waals surface area contributed by atoms with Gasteiger partial charge in [-0.05, 0) is 61.0 Å². The van der Waals surface area contributed by atoms with Gasteiger partial charge in [0.25, 0.3) is 0 Å². The van der Waals surface area contributed by atoms with Gasteiger partial charge >= 0.3 is 0 Å². The summed E-state index contributed by atoms with van der Waals surface area (Å²) in [6, 6.07) is 7.47. The molecule has 0 N–H and O–H groups in total. The topological polar surface area (TPSA) is 0 Å². The lowest BCUT2D eigenvalue weighted by Gasteiger charge is -2.10. The molecule has 1 radical (unpaired) electrons. The Kier molecular flexibility index (Phi) is 44.3. The van der Waals surface area contributed by atoms with Gasteiger partial charge < -0.3 is 0 Å². The lowest BCUT2D eigenvalue weighted by Crippen LogP contribution is -1.90. The Morgan fingerprint density at radius 3 is 0.768 bits per heavy atom. The standard InChI is InChI=1S/C54H101S2/c1-4-7-10-12-14-16-18-20-22-24-26-28-30-32-34-36-38-40-42-44-47-55-53-49-52(46-9-6-3)50-54(51-53)56-48-45-43-41-39-37-35-33-31-29-27-25-23-21-19-17-15-13-11-8-5-2/h49-51H,3-48H2,1-2H3. The lowest BCUT2D eigenvalue weighted by molar-refractivity contribution is 0.523. The number of thioether (sulfide) groups is 2. The zero-order chi connectivity index (χ0) is 40.1. The van der Waals surface area contributed by atoms with Crippen LogP contribution >= 0.6 is 23.5 Å². The normalized spacial score (nSPS) is 11.6. The molecule has 0 heterocycles. The first-order valence-corrected chi connectivity index (χ1v) is 28.0. The van der Waals surface area contributed by atoms with Gasteiger partial charge in [-0.2, -0.15) is 0 Å². The van der Waals surface area contributed by atoms with Crippen LogP contribution in [0.4, 0.5) is 0 Å². The van der Waals surface area contributed by atoms with Crippen molar-refractivity contribution < 1.29 is 0 Å². The monoisotopic (exact) mass is 814 g/mol. The van der Waals surface area contributed by atoms with E-state index in [1.165, 1.54) is 297 Å². The van der Waals surface area contributed by atoms with Gasteiger partial charge in [0, 0.05) is 9.79 Å². The largest absolute Gasteiger partial charge is 0.126 e. The number of benzene rings is 1. The Balaban J connectivity index is 1.97. The quantitative estimate of drug-likeness (QED) is 0.0475. The molecule has 1 aromatic carbocycles. The molecule has 0 aliphatic heterocycles. The molecule has 0 saturated heterocycles. The highest BCUT2D eigenvalue weighted by atomic mass is 32.2. The minimum absolute atomic E-state index is 1.04. The molecule has 1 rings (SSSR count). The van der Waals surface area contributed by atoms with E-state index in [9.17, 15) is 0 Å². The predicted molar refractivity (Wildman–Crippen MR) is 262 cm³/mol. The molecule has 0 aromatic heterocycles. The molecule has 0 bridgehead atoms. The summed E-state index contributed by atoms with van der Waals surface area (Å²) in [6.45, 7) is 8.73. The van der Waals surface area contributed by atoms with Crippen molar-refractivity contribution in [3.8, 4) is 0 Å². The van der Waals surface area contributed by atoms with E-state index in [1.807, 2.05) is 0 Å². The summed E-state index contributed by atoms with van der Waals surface area (Å²) in [5.74, 6) is 2.56. The van der Waals surface area contributed by atoms with Gasteiger partial charge in [0.15, 0.2) is 0 Å². The molecule has 0 nitrogen and oxygen atoms in total. The third-order valence-corrected chi connectivity index (χ3v) is 14.3. The number of rotatable bonds is 47. The van der Waals surface area contributed by atoms with Crippen LogP contribution in [-0.2, 0) is 6.42 Å². The zero-order valence-electron chi connectivity index (χ0n) is 38.6. The maximum atomic E-state index is 4.10. The SMILES string of the molecule is [CH2]CCCc1cc(SCCCCCCCCCCCCCCCCCCCCCC)cc(SCCCCCCCCCCCCCCCCCCCCCC)c1. The van der Waals surface area contributed by atoms with Crippen LogP contribution < -0.4 is 0 Å². The Bertz CT molecular complexity index is 815. The van der Waals surface area contributed by atoms with Gasteiger partial charge in [-0.25, -0.2) is 0 Å². The van der Waals surface area contributed by atoms with Crippen LogP contribution in [0.5, 0.6) is 0 Å². The summed E-state index contributed by atoms with van der Waals surface area (Å²) in [5.41, 5.74) is 1.54. The molecular formula is C54H101S2. The first kappa shape index (κ1) is 53.9. The highest BCUT2D eigenvalue weighted by Crippen LogP contribution is 2.30. The minimum atomic E-state index is 1.04. The van der Waals surface area contributed by atoms with E-state index in [0.29, 0.717) is 0 Å².